The molecule has 27 heavy (non-hydrogen) atoms. The van der Waals surface area contributed by atoms with E-state index in [2.05, 4.69) is 77.7 Å². The molecule has 0 spiro atoms. The Bertz CT molecular complexity index is 697. The number of guanidine groups is 1. The fourth-order valence-electron chi connectivity index (χ4n) is 2.73. The number of aromatic nitrogens is 2. The molecule has 0 radical (unpaired) electrons. The molecular formula is C20H32IN5O. The van der Waals surface area contributed by atoms with Gasteiger partial charge in [0.2, 0.25) is 5.89 Å². The summed E-state index contributed by atoms with van der Waals surface area (Å²) in [5.41, 5.74) is 2.63. The largest absolute Gasteiger partial charge is 0.357 e. The summed E-state index contributed by atoms with van der Waals surface area (Å²) in [4.78, 5) is 8.81. The van der Waals surface area contributed by atoms with Crippen LogP contribution in [-0.4, -0.2) is 29.2 Å². The average Bonchev–Trinajstić information content (AvgIpc) is 3.00. The molecule has 2 N–H and O–H groups in total. The molecule has 0 saturated heterocycles. The molecule has 1 heterocycles. The molecule has 6 nitrogen and oxygen atoms in total. The lowest BCUT2D eigenvalue weighted by atomic mass is 10.00. The van der Waals surface area contributed by atoms with Gasteiger partial charge in [0.25, 0.3) is 0 Å². The highest BCUT2D eigenvalue weighted by molar-refractivity contribution is 14.0. The number of nitrogens with one attached hydrogen (secondary N) is 2. The molecule has 0 bridgehead atoms. The lowest BCUT2D eigenvalue weighted by Crippen LogP contribution is -2.38. The van der Waals surface area contributed by atoms with Gasteiger partial charge in [-0.3, -0.25) is 4.99 Å². The Morgan fingerprint density at radius 2 is 1.89 bits per heavy atom. The van der Waals surface area contributed by atoms with Gasteiger partial charge in [-0.25, -0.2) is 0 Å². The molecule has 1 unspecified atom stereocenters. The Morgan fingerprint density at radius 1 is 1.19 bits per heavy atom. The molecule has 1 atom stereocenters. The van der Waals surface area contributed by atoms with Gasteiger partial charge in [0.15, 0.2) is 11.8 Å². The van der Waals surface area contributed by atoms with E-state index in [1.807, 2.05) is 6.92 Å². The number of hydrogen-bond donors (Lipinski definition) is 2. The van der Waals surface area contributed by atoms with Crippen LogP contribution in [0.4, 0.5) is 0 Å². The molecule has 0 aliphatic carbocycles. The fraction of sp³-hybridized carbons (Fsp3) is 0.550. The second kappa shape index (κ2) is 11.9. The fourth-order valence-corrected chi connectivity index (χ4v) is 2.73. The van der Waals surface area contributed by atoms with Gasteiger partial charge in [0.05, 0.1) is 12.6 Å². The van der Waals surface area contributed by atoms with Crippen LogP contribution in [0.3, 0.4) is 0 Å². The molecule has 0 aliphatic heterocycles. The molecule has 0 fully saturated rings. The highest BCUT2D eigenvalue weighted by atomic mass is 127. The summed E-state index contributed by atoms with van der Waals surface area (Å²) in [6.07, 6.45) is 1.75. The third-order valence-electron chi connectivity index (χ3n) is 3.99. The summed E-state index contributed by atoms with van der Waals surface area (Å²) in [6.45, 7) is 11.9. The quantitative estimate of drug-likeness (QED) is 0.335. The number of aryl methyl sites for hydroxylation is 1. The van der Waals surface area contributed by atoms with Crippen molar-refractivity contribution in [3.8, 4) is 0 Å². The van der Waals surface area contributed by atoms with Crippen molar-refractivity contribution in [3.63, 3.8) is 0 Å². The topological polar surface area (TPSA) is 75.3 Å². The predicted molar refractivity (Wildman–Crippen MR) is 121 cm³/mol. The van der Waals surface area contributed by atoms with Crippen LogP contribution in [0.25, 0.3) is 0 Å². The first-order valence-electron chi connectivity index (χ1n) is 9.40. The molecule has 2 rings (SSSR count). The zero-order chi connectivity index (χ0) is 18.9. The third kappa shape index (κ3) is 8.28. The highest BCUT2D eigenvalue weighted by Crippen LogP contribution is 2.15. The summed E-state index contributed by atoms with van der Waals surface area (Å²) in [5, 5.41) is 10.5. The predicted octanol–water partition coefficient (Wildman–Crippen LogP) is 4.05. The van der Waals surface area contributed by atoms with Gasteiger partial charge < -0.3 is 15.2 Å². The zero-order valence-corrected chi connectivity index (χ0v) is 19.3. The average molecular weight is 485 g/mol. The number of nitrogens with zero attached hydrogens (tertiary/aromatic N) is 3. The van der Waals surface area contributed by atoms with E-state index in [1.54, 1.807) is 0 Å². The molecular weight excluding hydrogens is 453 g/mol. The second-order valence-corrected chi connectivity index (χ2v) is 6.95. The first-order valence-corrected chi connectivity index (χ1v) is 9.40. The first kappa shape index (κ1) is 23.4. The molecule has 2 aromatic rings. The lowest BCUT2D eigenvalue weighted by molar-refractivity contribution is 0.376. The second-order valence-electron chi connectivity index (χ2n) is 6.95. The van der Waals surface area contributed by atoms with Crippen LogP contribution < -0.4 is 10.6 Å². The zero-order valence-electron chi connectivity index (χ0n) is 17.0. The minimum Gasteiger partial charge on any atom is -0.357 e. The van der Waals surface area contributed by atoms with E-state index in [1.165, 1.54) is 11.1 Å². The van der Waals surface area contributed by atoms with Crippen molar-refractivity contribution < 1.29 is 4.52 Å². The molecule has 0 saturated carbocycles. The normalized spacial score (nSPS) is 12.6. The maximum absolute atomic E-state index is 5.12. The third-order valence-corrected chi connectivity index (χ3v) is 3.99. The smallest absolute Gasteiger partial charge is 0.228 e. The van der Waals surface area contributed by atoms with E-state index in [0.29, 0.717) is 30.6 Å². The summed E-state index contributed by atoms with van der Waals surface area (Å²) in [7, 11) is 0. The first-order chi connectivity index (χ1) is 12.5. The van der Waals surface area contributed by atoms with Crippen LogP contribution in [0, 0.1) is 12.8 Å². The van der Waals surface area contributed by atoms with Crippen LogP contribution in [-0.2, 0) is 12.8 Å². The van der Waals surface area contributed by atoms with E-state index in [9.17, 15) is 0 Å². The van der Waals surface area contributed by atoms with Crippen molar-refractivity contribution in [1.82, 2.24) is 20.8 Å². The van der Waals surface area contributed by atoms with Gasteiger partial charge in [0.1, 0.15) is 0 Å². The minimum atomic E-state index is 0. The van der Waals surface area contributed by atoms with Crippen molar-refractivity contribution in [3.05, 3.63) is 47.1 Å². The van der Waals surface area contributed by atoms with Crippen molar-refractivity contribution >= 4 is 29.9 Å². The van der Waals surface area contributed by atoms with E-state index in [4.69, 9.17) is 4.52 Å². The van der Waals surface area contributed by atoms with Crippen LogP contribution in [0.5, 0.6) is 0 Å². The Hall–Kier alpha value is -1.64. The summed E-state index contributed by atoms with van der Waals surface area (Å²) < 4.78 is 5.12. The van der Waals surface area contributed by atoms with Gasteiger partial charge in [0, 0.05) is 13.0 Å². The maximum Gasteiger partial charge on any atom is 0.228 e. The lowest BCUT2D eigenvalue weighted by Gasteiger charge is -2.18. The molecule has 7 heteroatoms. The van der Waals surface area contributed by atoms with Crippen LogP contribution in [0.1, 0.15) is 56.6 Å². The Morgan fingerprint density at radius 3 is 2.44 bits per heavy atom. The van der Waals surface area contributed by atoms with E-state index >= 15 is 0 Å². The Kier molecular flexibility index (Phi) is 10.4. The van der Waals surface area contributed by atoms with Crippen LogP contribution >= 0.6 is 24.0 Å². The monoisotopic (exact) mass is 485 g/mol. The summed E-state index contributed by atoms with van der Waals surface area (Å²) in [6, 6.07) is 9.00. The molecule has 1 aromatic heterocycles. The summed E-state index contributed by atoms with van der Waals surface area (Å²) in [5.74, 6) is 2.74. The molecule has 0 aliphatic rings. The number of benzene rings is 1. The van der Waals surface area contributed by atoms with Crippen LogP contribution in [0.15, 0.2) is 33.8 Å². The minimum absolute atomic E-state index is 0. The number of hydrogen-bond acceptors (Lipinski definition) is 4. The van der Waals surface area contributed by atoms with Gasteiger partial charge in [-0.2, -0.15) is 4.98 Å². The van der Waals surface area contributed by atoms with Crippen molar-refractivity contribution in [2.45, 2.75) is 53.5 Å². The van der Waals surface area contributed by atoms with E-state index in [0.717, 1.165) is 18.9 Å². The Labute approximate surface area is 179 Å². The maximum atomic E-state index is 5.12. The van der Waals surface area contributed by atoms with Gasteiger partial charge in [-0.15, -0.1) is 24.0 Å². The van der Waals surface area contributed by atoms with E-state index in [-0.39, 0.29) is 30.0 Å². The van der Waals surface area contributed by atoms with E-state index < -0.39 is 0 Å². The molecule has 1 aromatic carbocycles. The molecule has 0 amide bonds. The molecule has 150 valence electrons. The van der Waals surface area contributed by atoms with Crippen molar-refractivity contribution in [1.29, 1.82) is 0 Å². The SMILES string of the molecule is CCNC(=NCCc1nc(C)no1)NC(C)c1ccc(CC(C)C)cc1.I. The van der Waals surface area contributed by atoms with Gasteiger partial charge in [-0.05, 0) is 44.2 Å². The highest BCUT2D eigenvalue weighted by Gasteiger charge is 2.09. The number of rotatable bonds is 8. The number of aliphatic imine (C=N–C) groups is 1. The van der Waals surface area contributed by atoms with Crippen molar-refractivity contribution in [2.75, 3.05) is 13.1 Å². The number of halogens is 1. The summed E-state index contributed by atoms with van der Waals surface area (Å²) >= 11 is 0. The van der Waals surface area contributed by atoms with Gasteiger partial charge >= 0.3 is 0 Å². The van der Waals surface area contributed by atoms with Crippen molar-refractivity contribution in [2.24, 2.45) is 10.9 Å². The Balaban J connectivity index is 0.00000364. The van der Waals surface area contributed by atoms with Gasteiger partial charge in [-0.1, -0.05) is 43.3 Å². The standard InChI is InChI=1S/C20H31N5O.HI/c1-6-21-20(22-12-11-19-24-16(5)25-26-19)23-15(4)18-9-7-17(8-10-18)13-14(2)3;/h7-10,14-15H,6,11-13H2,1-5H3,(H2,21,22,23);1H. The van der Waals surface area contributed by atoms with Crippen LogP contribution in [0.2, 0.25) is 0 Å².